The van der Waals surface area contributed by atoms with Gasteiger partial charge in [0.05, 0.1) is 7.11 Å². The minimum Gasteiger partial charge on any atom is -0.497 e. The van der Waals surface area contributed by atoms with E-state index in [-0.39, 0.29) is 17.6 Å². The van der Waals surface area contributed by atoms with Gasteiger partial charge in [-0.3, -0.25) is 9.59 Å². The minimum atomic E-state index is -0.744. The molecular formula is C23H21FN2O4. The molecule has 154 valence electrons. The molecule has 0 fully saturated rings. The quantitative estimate of drug-likeness (QED) is 0.604. The molecule has 0 aliphatic heterocycles. The van der Waals surface area contributed by atoms with Crippen molar-refractivity contribution < 1.29 is 23.5 Å². The van der Waals surface area contributed by atoms with E-state index in [1.165, 1.54) is 24.3 Å². The van der Waals surface area contributed by atoms with Crippen LogP contribution in [0.2, 0.25) is 0 Å². The van der Waals surface area contributed by atoms with Gasteiger partial charge in [0.15, 0.2) is 6.10 Å². The van der Waals surface area contributed by atoms with Gasteiger partial charge in [-0.15, -0.1) is 0 Å². The van der Waals surface area contributed by atoms with E-state index in [9.17, 15) is 14.0 Å². The van der Waals surface area contributed by atoms with Crippen molar-refractivity contribution in [2.24, 2.45) is 0 Å². The Hall–Kier alpha value is -3.87. The highest BCUT2D eigenvalue weighted by Crippen LogP contribution is 2.18. The molecule has 0 bridgehead atoms. The van der Waals surface area contributed by atoms with Gasteiger partial charge < -0.3 is 20.1 Å². The topological polar surface area (TPSA) is 76.7 Å². The van der Waals surface area contributed by atoms with Crippen LogP contribution in [0.15, 0.2) is 72.8 Å². The van der Waals surface area contributed by atoms with Crippen molar-refractivity contribution in [1.29, 1.82) is 0 Å². The number of anilines is 2. The molecule has 2 amide bonds. The van der Waals surface area contributed by atoms with Crippen molar-refractivity contribution in [1.82, 2.24) is 0 Å². The standard InChI is InChI=1S/C23H21FN2O4/c1-15(22(27)25-19-9-13-20(29-2)14-10-19)30-21-11-3-16(4-12-21)23(28)26-18-7-5-17(24)6-8-18/h3-15H,1-2H3,(H,25,27)(H,26,28)/t15-/m1/s1. The number of hydrogen-bond donors (Lipinski definition) is 2. The lowest BCUT2D eigenvalue weighted by molar-refractivity contribution is -0.122. The number of benzene rings is 3. The van der Waals surface area contributed by atoms with Crippen molar-refractivity contribution in [3.63, 3.8) is 0 Å². The lowest BCUT2D eigenvalue weighted by Crippen LogP contribution is -2.30. The van der Waals surface area contributed by atoms with Crippen molar-refractivity contribution >= 4 is 23.2 Å². The number of carbonyl (C=O) groups excluding carboxylic acids is 2. The first-order chi connectivity index (χ1) is 14.4. The molecule has 0 radical (unpaired) electrons. The first-order valence-electron chi connectivity index (χ1n) is 9.23. The Kier molecular flexibility index (Phi) is 6.64. The number of rotatable bonds is 7. The van der Waals surface area contributed by atoms with Crippen molar-refractivity contribution in [3.8, 4) is 11.5 Å². The normalized spacial score (nSPS) is 11.3. The molecule has 3 rings (SSSR count). The van der Waals surface area contributed by atoms with Crippen LogP contribution in [-0.2, 0) is 4.79 Å². The Labute approximate surface area is 173 Å². The lowest BCUT2D eigenvalue weighted by atomic mass is 10.2. The molecule has 0 saturated carbocycles. The zero-order valence-electron chi connectivity index (χ0n) is 16.5. The summed E-state index contributed by atoms with van der Waals surface area (Å²) in [6.07, 6.45) is -0.744. The Morgan fingerprint density at radius 2 is 1.33 bits per heavy atom. The molecule has 0 spiro atoms. The molecule has 0 aliphatic rings. The molecule has 1 atom stereocenters. The zero-order chi connectivity index (χ0) is 21.5. The van der Waals surface area contributed by atoms with Crippen LogP contribution in [0.5, 0.6) is 11.5 Å². The van der Waals surface area contributed by atoms with E-state index in [1.54, 1.807) is 62.6 Å². The summed E-state index contributed by atoms with van der Waals surface area (Å²) in [6, 6.07) is 18.8. The second-order valence-electron chi connectivity index (χ2n) is 6.46. The molecule has 2 N–H and O–H groups in total. The SMILES string of the molecule is COc1ccc(NC(=O)[C@@H](C)Oc2ccc(C(=O)Nc3ccc(F)cc3)cc2)cc1. The van der Waals surface area contributed by atoms with Gasteiger partial charge in [-0.25, -0.2) is 4.39 Å². The highest BCUT2D eigenvalue weighted by molar-refractivity contribution is 6.04. The van der Waals surface area contributed by atoms with E-state index in [0.717, 1.165) is 0 Å². The second-order valence-corrected chi connectivity index (χ2v) is 6.46. The van der Waals surface area contributed by atoms with Gasteiger partial charge >= 0.3 is 0 Å². The average molecular weight is 408 g/mol. The average Bonchev–Trinajstić information content (AvgIpc) is 2.76. The fourth-order valence-electron chi connectivity index (χ4n) is 2.60. The number of amides is 2. The van der Waals surface area contributed by atoms with Gasteiger partial charge in [0.2, 0.25) is 0 Å². The van der Waals surface area contributed by atoms with Crippen molar-refractivity contribution in [2.45, 2.75) is 13.0 Å². The summed E-state index contributed by atoms with van der Waals surface area (Å²) < 4.78 is 23.7. The fraction of sp³-hybridized carbons (Fsp3) is 0.130. The maximum atomic E-state index is 12.9. The number of hydrogen-bond acceptors (Lipinski definition) is 4. The summed E-state index contributed by atoms with van der Waals surface area (Å²) in [5.74, 6) is 0.128. The molecule has 0 heterocycles. The molecule has 0 aromatic heterocycles. The monoisotopic (exact) mass is 408 g/mol. The summed E-state index contributed by atoms with van der Waals surface area (Å²) in [5, 5.41) is 5.44. The molecule has 30 heavy (non-hydrogen) atoms. The fourth-order valence-corrected chi connectivity index (χ4v) is 2.60. The molecule has 3 aromatic carbocycles. The summed E-state index contributed by atoms with van der Waals surface area (Å²) in [7, 11) is 1.57. The van der Waals surface area contributed by atoms with E-state index < -0.39 is 6.10 Å². The maximum absolute atomic E-state index is 12.9. The van der Waals surface area contributed by atoms with E-state index in [4.69, 9.17) is 9.47 Å². The van der Waals surface area contributed by atoms with Crippen molar-refractivity contribution in [3.05, 3.63) is 84.2 Å². The first-order valence-corrected chi connectivity index (χ1v) is 9.23. The Bertz CT molecular complexity index is 1000. The van der Waals surface area contributed by atoms with Crippen LogP contribution in [-0.4, -0.2) is 25.0 Å². The zero-order valence-corrected chi connectivity index (χ0v) is 16.5. The molecule has 6 nitrogen and oxygen atoms in total. The van der Waals surface area contributed by atoms with Gasteiger partial charge in [0, 0.05) is 16.9 Å². The summed E-state index contributed by atoms with van der Waals surface area (Å²) in [6.45, 7) is 1.63. The van der Waals surface area contributed by atoms with Crippen LogP contribution >= 0.6 is 0 Å². The molecule has 0 saturated heterocycles. The van der Waals surface area contributed by atoms with Crippen LogP contribution in [0.3, 0.4) is 0 Å². The number of halogens is 1. The van der Waals surface area contributed by atoms with Gasteiger partial charge in [-0.2, -0.15) is 0 Å². The van der Waals surface area contributed by atoms with E-state index >= 15 is 0 Å². The van der Waals surface area contributed by atoms with E-state index in [2.05, 4.69) is 10.6 Å². The van der Waals surface area contributed by atoms with Crippen LogP contribution in [0, 0.1) is 5.82 Å². The predicted molar refractivity (Wildman–Crippen MR) is 113 cm³/mol. The Balaban J connectivity index is 1.55. The summed E-state index contributed by atoms with van der Waals surface area (Å²) in [5.41, 5.74) is 1.52. The van der Waals surface area contributed by atoms with Gasteiger partial charge in [0.1, 0.15) is 17.3 Å². The van der Waals surface area contributed by atoms with Gasteiger partial charge in [0.25, 0.3) is 11.8 Å². The van der Waals surface area contributed by atoms with Crippen LogP contribution < -0.4 is 20.1 Å². The molecule has 3 aromatic rings. The molecule has 7 heteroatoms. The number of carbonyl (C=O) groups is 2. The minimum absolute atomic E-state index is 0.307. The van der Waals surface area contributed by atoms with E-state index in [0.29, 0.717) is 28.4 Å². The number of methoxy groups -OCH3 is 1. The first kappa shape index (κ1) is 20.9. The largest absolute Gasteiger partial charge is 0.497 e. The number of ether oxygens (including phenoxy) is 2. The van der Waals surface area contributed by atoms with Gasteiger partial charge in [-0.05, 0) is 79.7 Å². The Morgan fingerprint density at radius 1 is 0.800 bits per heavy atom. The summed E-state index contributed by atoms with van der Waals surface area (Å²) >= 11 is 0. The van der Waals surface area contributed by atoms with Crippen LogP contribution in [0.1, 0.15) is 17.3 Å². The third-order valence-electron chi connectivity index (χ3n) is 4.26. The third kappa shape index (κ3) is 5.57. The van der Waals surface area contributed by atoms with Crippen molar-refractivity contribution in [2.75, 3.05) is 17.7 Å². The molecule has 0 unspecified atom stereocenters. The third-order valence-corrected chi connectivity index (χ3v) is 4.26. The maximum Gasteiger partial charge on any atom is 0.265 e. The van der Waals surface area contributed by atoms with E-state index in [1.807, 2.05) is 0 Å². The predicted octanol–water partition coefficient (Wildman–Crippen LogP) is 4.49. The highest BCUT2D eigenvalue weighted by atomic mass is 19.1. The lowest BCUT2D eigenvalue weighted by Gasteiger charge is -2.15. The number of nitrogens with one attached hydrogen (secondary N) is 2. The van der Waals surface area contributed by atoms with Crippen LogP contribution in [0.4, 0.5) is 15.8 Å². The second kappa shape index (κ2) is 9.56. The smallest absolute Gasteiger partial charge is 0.265 e. The highest BCUT2D eigenvalue weighted by Gasteiger charge is 2.15. The van der Waals surface area contributed by atoms with Gasteiger partial charge in [-0.1, -0.05) is 0 Å². The molecule has 0 aliphatic carbocycles. The summed E-state index contributed by atoms with van der Waals surface area (Å²) in [4.78, 5) is 24.6. The Morgan fingerprint density at radius 3 is 1.93 bits per heavy atom. The molecular weight excluding hydrogens is 387 g/mol. The van der Waals surface area contributed by atoms with Crippen LogP contribution in [0.25, 0.3) is 0 Å².